The maximum absolute atomic E-state index is 10.8. The van der Waals surface area contributed by atoms with Crippen LogP contribution in [0.3, 0.4) is 0 Å². The van der Waals surface area contributed by atoms with Crippen molar-refractivity contribution in [2.24, 2.45) is 0 Å². The van der Waals surface area contributed by atoms with Gasteiger partial charge in [0.1, 0.15) is 12.8 Å². The van der Waals surface area contributed by atoms with Gasteiger partial charge in [-0.15, -0.1) is 0 Å². The molecule has 102 valence electrons. The summed E-state index contributed by atoms with van der Waals surface area (Å²) >= 11 is 5.59. The van der Waals surface area contributed by atoms with E-state index in [-0.39, 0.29) is 23.5 Å². The normalized spacial score (nSPS) is 10.7. The number of nitro groups is 1. The minimum Gasteiger partial charge on any atom is -0.468 e. The van der Waals surface area contributed by atoms with Crippen molar-refractivity contribution in [1.82, 2.24) is 9.97 Å². The second kappa shape index (κ2) is 6.63. The fraction of sp³-hybridized carbons (Fsp3) is 0.0769. The highest BCUT2D eigenvalue weighted by atomic mass is 35.5. The van der Waals surface area contributed by atoms with Crippen molar-refractivity contribution in [3.8, 4) is 5.88 Å². The zero-order valence-electron chi connectivity index (χ0n) is 10.3. The van der Waals surface area contributed by atoms with Gasteiger partial charge in [0, 0.05) is 0 Å². The average molecular weight is 292 g/mol. The maximum atomic E-state index is 10.8. The first kappa shape index (κ1) is 14.0. The molecule has 0 unspecified atom stereocenters. The lowest BCUT2D eigenvalue weighted by Gasteiger charge is -2.02. The van der Waals surface area contributed by atoms with E-state index in [9.17, 15) is 10.1 Å². The van der Waals surface area contributed by atoms with Crippen LogP contribution < -0.4 is 4.74 Å². The summed E-state index contributed by atoms with van der Waals surface area (Å²) in [7, 11) is 0. The van der Waals surface area contributed by atoms with Crippen LogP contribution in [0, 0.1) is 10.1 Å². The third-order valence-electron chi connectivity index (χ3n) is 2.33. The second-order valence-corrected chi connectivity index (χ2v) is 4.05. The van der Waals surface area contributed by atoms with Gasteiger partial charge >= 0.3 is 5.69 Å². The van der Waals surface area contributed by atoms with Crippen LogP contribution in [-0.4, -0.2) is 21.5 Å². The summed E-state index contributed by atoms with van der Waals surface area (Å²) in [6.45, 7) is 0.142. The molecule has 0 atom stereocenters. The van der Waals surface area contributed by atoms with Crippen LogP contribution in [0.4, 0.5) is 5.69 Å². The second-order valence-electron chi connectivity index (χ2n) is 3.71. The molecule has 0 saturated carbocycles. The molecular weight excluding hydrogens is 282 g/mol. The lowest BCUT2D eigenvalue weighted by molar-refractivity contribution is -0.386. The molecule has 0 aliphatic carbocycles. The van der Waals surface area contributed by atoms with Gasteiger partial charge in [0.05, 0.1) is 4.92 Å². The minimum absolute atomic E-state index is 0.0994. The fourth-order valence-corrected chi connectivity index (χ4v) is 1.57. The highest BCUT2D eigenvalue weighted by Crippen LogP contribution is 2.24. The van der Waals surface area contributed by atoms with Crippen LogP contribution in [-0.2, 0) is 0 Å². The highest BCUT2D eigenvalue weighted by Gasteiger charge is 2.17. The number of ether oxygens (including phenoxy) is 1. The van der Waals surface area contributed by atoms with E-state index in [4.69, 9.17) is 16.3 Å². The number of rotatable bonds is 5. The van der Waals surface area contributed by atoms with E-state index in [0.717, 1.165) is 11.8 Å². The molecule has 2 rings (SSSR count). The van der Waals surface area contributed by atoms with Crippen molar-refractivity contribution in [3.63, 3.8) is 0 Å². The summed E-state index contributed by atoms with van der Waals surface area (Å²) in [5, 5.41) is 10.7. The van der Waals surface area contributed by atoms with E-state index in [0.29, 0.717) is 0 Å². The molecule has 2 aromatic rings. The Morgan fingerprint density at radius 3 is 2.80 bits per heavy atom. The molecule has 1 aromatic carbocycles. The van der Waals surface area contributed by atoms with Crippen LogP contribution in [0.1, 0.15) is 5.56 Å². The smallest absolute Gasteiger partial charge is 0.349 e. The van der Waals surface area contributed by atoms with E-state index in [1.807, 2.05) is 36.4 Å². The lowest BCUT2D eigenvalue weighted by atomic mass is 10.2. The van der Waals surface area contributed by atoms with Gasteiger partial charge < -0.3 is 4.74 Å². The van der Waals surface area contributed by atoms with E-state index in [1.165, 1.54) is 0 Å². The Morgan fingerprint density at radius 1 is 1.35 bits per heavy atom. The largest absolute Gasteiger partial charge is 0.468 e. The van der Waals surface area contributed by atoms with Gasteiger partial charge in [-0.25, -0.2) is 4.98 Å². The number of hydrogen-bond donors (Lipinski definition) is 0. The van der Waals surface area contributed by atoms with Crippen LogP contribution in [0.15, 0.2) is 42.6 Å². The molecule has 7 heteroatoms. The Kier molecular flexibility index (Phi) is 4.62. The minimum atomic E-state index is -0.618. The van der Waals surface area contributed by atoms with Gasteiger partial charge in [0.2, 0.25) is 5.28 Å². The Balaban J connectivity index is 2.02. The Morgan fingerprint density at radius 2 is 2.10 bits per heavy atom. The maximum Gasteiger partial charge on any atom is 0.349 e. The standard InChI is InChI=1S/C13H10ClN3O3/c14-13-15-9-11(17(18)19)12(16-13)20-8-4-7-10-5-2-1-3-6-10/h1-7,9H,8H2/b7-4+. The zero-order valence-corrected chi connectivity index (χ0v) is 11.0. The summed E-state index contributed by atoms with van der Waals surface area (Å²) < 4.78 is 5.24. The van der Waals surface area contributed by atoms with Gasteiger partial charge in [0.15, 0.2) is 0 Å². The first-order valence-corrected chi connectivity index (χ1v) is 6.06. The Hall–Kier alpha value is -2.47. The Bertz CT molecular complexity index is 632. The molecular formula is C13H10ClN3O3. The van der Waals surface area contributed by atoms with E-state index >= 15 is 0 Å². The van der Waals surface area contributed by atoms with Crippen molar-refractivity contribution in [1.29, 1.82) is 0 Å². The predicted molar refractivity (Wildman–Crippen MR) is 74.7 cm³/mol. The molecule has 20 heavy (non-hydrogen) atoms. The lowest BCUT2D eigenvalue weighted by Crippen LogP contribution is -2.01. The zero-order chi connectivity index (χ0) is 14.4. The molecule has 1 heterocycles. The number of benzene rings is 1. The van der Waals surface area contributed by atoms with Crippen LogP contribution in [0.25, 0.3) is 6.08 Å². The van der Waals surface area contributed by atoms with Gasteiger partial charge in [0.25, 0.3) is 5.88 Å². The molecule has 0 saturated heterocycles. The molecule has 0 N–H and O–H groups in total. The number of hydrogen-bond acceptors (Lipinski definition) is 5. The number of nitrogens with zero attached hydrogens (tertiary/aromatic N) is 3. The molecule has 0 spiro atoms. The quantitative estimate of drug-likeness (QED) is 0.480. The number of aromatic nitrogens is 2. The highest BCUT2D eigenvalue weighted by molar-refractivity contribution is 6.28. The van der Waals surface area contributed by atoms with Crippen LogP contribution in [0.5, 0.6) is 5.88 Å². The van der Waals surface area contributed by atoms with Crippen molar-refractivity contribution in [2.75, 3.05) is 6.61 Å². The average Bonchev–Trinajstić information content (AvgIpc) is 2.44. The van der Waals surface area contributed by atoms with Crippen molar-refractivity contribution in [3.05, 3.63) is 63.6 Å². The summed E-state index contributed by atoms with van der Waals surface area (Å²) in [5.41, 5.74) is 0.689. The fourth-order valence-electron chi connectivity index (χ4n) is 1.45. The molecule has 0 aliphatic rings. The molecule has 0 bridgehead atoms. The topological polar surface area (TPSA) is 78.2 Å². The molecule has 1 aromatic heterocycles. The molecule has 0 aliphatic heterocycles. The molecule has 0 amide bonds. The summed E-state index contributed by atoms with van der Waals surface area (Å²) in [5.74, 6) is -0.146. The van der Waals surface area contributed by atoms with Gasteiger partial charge in [-0.2, -0.15) is 4.98 Å². The van der Waals surface area contributed by atoms with Gasteiger partial charge in [-0.05, 0) is 23.2 Å². The summed E-state index contributed by atoms with van der Waals surface area (Å²) in [6, 6.07) is 9.60. The van der Waals surface area contributed by atoms with E-state index < -0.39 is 4.92 Å². The van der Waals surface area contributed by atoms with Crippen LogP contribution in [0.2, 0.25) is 5.28 Å². The third kappa shape index (κ3) is 3.76. The van der Waals surface area contributed by atoms with E-state index in [1.54, 1.807) is 6.08 Å². The molecule has 0 fully saturated rings. The van der Waals surface area contributed by atoms with Crippen LogP contribution >= 0.6 is 11.6 Å². The van der Waals surface area contributed by atoms with Crippen molar-refractivity contribution >= 4 is 23.4 Å². The summed E-state index contributed by atoms with van der Waals surface area (Å²) in [6.07, 6.45) is 4.59. The summed E-state index contributed by atoms with van der Waals surface area (Å²) in [4.78, 5) is 17.4. The first-order chi connectivity index (χ1) is 9.66. The van der Waals surface area contributed by atoms with Crippen molar-refractivity contribution < 1.29 is 9.66 Å². The Labute approximate surface area is 119 Å². The SMILES string of the molecule is O=[N+]([O-])c1cnc(Cl)nc1OC/C=C/c1ccccc1. The third-order valence-corrected chi connectivity index (χ3v) is 2.51. The molecule has 0 radical (unpaired) electrons. The van der Waals surface area contributed by atoms with E-state index in [2.05, 4.69) is 9.97 Å². The first-order valence-electron chi connectivity index (χ1n) is 5.68. The predicted octanol–water partition coefficient (Wildman–Crippen LogP) is 3.13. The molecule has 6 nitrogen and oxygen atoms in total. The van der Waals surface area contributed by atoms with Gasteiger partial charge in [-0.3, -0.25) is 10.1 Å². The monoisotopic (exact) mass is 291 g/mol. The van der Waals surface area contributed by atoms with Crippen molar-refractivity contribution in [2.45, 2.75) is 0 Å². The number of halogens is 1. The van der Waals surface area contributed by atoms with Gasteiger partial charge in [-0.1, -0.05) is 36.4 Å².